The van der Waals surface area contributed by atoms with E-state index < -0.39 is 0 Å². The SMILES string of the molecule is CC(=O)Nc1ccc(C(=O)N/N=C/c2ccc(C(C)C)cc2)cc1. The highest BCUT2D eigenvalue weighted by atomic mass is 16.2. The zero-order valence-electron chi connectivity index (χ0n) is 14.0. The molecule has 0 unspecified atom stereocenters. The molecule has 24 heavy (non-hydrogen) atoms. The van der Waals surface area contributed by atoms with Crippen LogP contribution in [0.2, 0.25) is 0 Å². The molecule has 0 aliphatic rings. The number of benzene rings is 2. The second-order valence-electron chi connectivity index (χ2n) is 5.78. The molecule has 0 radical (unpaired) electrons. The van der Waals surface area contributed by atoms with E-state index in [0.29, 0.717) is 17.2 Å². The molecule has 5 nitrogen and oxygen atoms in total. The fraction of sp³-hybridized carbons (Fsp3) is 0.211. The third-order valence-corrected chi connectivity index (χ3v) is 3.45. The van der Waals surface area contributed by atoms with Gasteiger partial charge in [-0.1, -0.05) is 38.1 Å². The van der Waals surface area contributed by atoms with Crippen molar-refractivity contribution >= 4 is 23.7 Å². The van der Waals surface area contributed by atoms with Crippen LogP contribution in [0.3, 0.4) is 0 Å². The summed E-state index contributed by atoms with van der Waals surface area (Å²) in [5, 5.41) is 6.62. The smallest absolute Gasteiger partial charge is 0.271 e. The van der Waals surface area contributed by atoms with Gasteiger partial charge in [-0.15, -0.1) is 0 Å². The van der Waals surface area contributed by atoms with Gasteiger partial charge in [0, 0.05) is 18.2 Å². The van der Waals surface area contributed by atoms with Crippen LogP contribution in [0.1, 0.15) is 48.2 Å². The largest absolute Gasteiger partial charge is 0.326 e. The van der Waals surface area contributed by atoms with E-state index in [0.717, 1.165) is 5.56 Å². The molecule has 2 N–H and O–H groups in total. The Morgan fingerprint density at radius 2 is 1.62 bits per heavy atom. The van der Waals surface area contributed by atoms with Gasteiger partial charge in [-0.25, -0.2) is 5.43 Å². The highest BCUT2D eigenvalue weighted by Crippen LogP contribution is 2.14. The summed E-state index contributed by atoms with van der Waals surface area (Å²) >= 11 is 0. The summed E-state index contributed by atoms with van der Waals surface area (Å²) in [5.41, 5.74) is 5.78. The molecule has 2 amide bonds. The summed E-state index contributed by atoms with van der Waals surface area (Å²) in [7, 11) is 0. The number of amides is 2. The molecule has 2 rings (SSSR count). The molecule has 0 atom stereocenters. The van der Waals surface area contributed by atoms with Crippen LogP contribution >= 0.6 is 0 Å². The minimum absolute atomic E-state index is 0.153. The van der Waals surface area contributed by atoms with Gasteiger partial charge in [0.2, 0.25) is 5.91 Å². The number of carbonyl (C=O) groups excluding carboxylic acids is 2. The van der Waals surface area contributed by atoms with Gasteiger partial charge in [0.15, 0.2) is 0 Å². The van der Waals surface area contributed by atoms with Crippen LogP contribution in [0.4, 0.5) is 5.69 Å². The first-order valence-electron chi connectivity index (χ1n) is 7.76. The average molecular weight is 323 g/mol. The summed E-state index contributed by atoms with van der Waals surface area (Å²) in [6.45, 7) is 5.71. The Hall–Kier alpha value is -2.95. The number of hydrogen-bond acceptors (Lipinski definition) is 3. The van der Waals surface area contributed by atoms with Crippen LogP contribution in [-0.2, 0) is 4.79 Å². The second kappa shape index (κ2) is 8.06. The Bertz CT molecular complexity index is 732. The van der Waals surface area contributed by atoms with Crippen LogP contribution in [-0.4, -0.2) is 18.0 Å². The lowest BCUT2D eigenvalue weighted by Gasteiger charge is -2.05. The lowest BCUT2D eigenvalue weighted by molar-refractivity contribution is -0.114. The van der Waals surface area contributed by atoms with Crippen molar-refractivity contribution in [2.24, 2.45) is 5.10 Å². The van der Waals surface area contributed by atoms with Crippen molar-refractivity contribution in [3.8, 4) is 0 Å². The van der Waals surface area contributed by atoms with E-state index in [1.807, 2.05) is 12.1 Å². The van der Waals surface area contributed by atoms with Gasteiger partial charge >= 0.3 is 0 Å². The first-order chi connectivity index (χ1) is 11.5. The summed E-state index contributed by atoms with van der Waals surface area (Å²) < 4.78 is 0. The number of nitrogens with zero attached hydrogens (tertiary/aromatic N) is 1. The highest BCUT2D eigenvalue weighted by Gasteiger charge is 2.04. The molecule has 124 valence electrons. The zero-order chi connectivity index (χ0) is 17.5. The maximum Gasteiger partial charge on any atom is 0.271 e. The van der Waals surface area contributed by atoms with Gasteiger partial charge in [0.25, 0.3) is 5.91 Å². The molecule has 5 heteroatoms. The number of nitrogens with one attached hydrogen (secondary N) is 2. The third kappa shape index (κ3) is 5.05. The van der Waals surface area contributed by atoms with Crippen molar-refractivity contribution in [3.63, 3.8) is 0 Å². The topological polar surface area (TPSA) is 70.6 Å². The zero-order valence-corrected chi connectivity index (χ0v) is 14.0. The van der Waals surface area contributed by atoms with Crippen LogP contribution in [0, 0.1) is 0 Å². The predicted octanol–water partition coefficient (Wildman–Crippen LogP) is 3.53. The lowest BCUT2D eigenvalue weighted by Crippen LogP contribution is -2.17. The first-order valence-corrected chi connectivity index (χ1v) is 7.76. The van der Waals surface area contributed by atoms with E-state index in [1.165, 1.54) is 12.5 Å². The van der Waals surface area contributed by atoms with Crippen molar-refractivity contribution in [2.45, 2.75) is 26.7 Å². The molecular formula is C19H21N3O2. The minimum Gasteiger partial charge on any atom is -0.326 e. The maximum absolute atomic E-state index is 12.0. The fourth-order valence-corrected chi connectivity index (χ4v) is 2.11. The van der Waals surface area contributed by atoms with Crippen LogP contribution < -0.4 is 10.7 Å². The Labute approximate surface area is 141 Å². The van der Waals surface area contributed by atoms with Gasteiger partial charge < -0.3 is 5.32 Å². The van der Waals surface area contributed by atoms with E-state index in [9.17, 15) is 9.59 Å². The monoisotopic (exact) mass is 323 g/mol. The maximum atomic E-state index is 12.0. The summed E-state index contributed by atoms with van der Waals surface area (Å²) in [6, 6.07) is 14.6. The molecule has 2 aromatic carbocycles. The van der Waals surface area contributed by atoms with Gasteiger partial charge in [0.05, 0.1) is 6.21 Å². The number of anilines is 1. The lowest BCUT2D eigenvalue weighted by atomic mass is 10.0. The molecular weight excluding hydrogens is 302 g/mol. The molecule has 0 spiro atoms. The molecule has 0 saturated heterocycles. The van der Waals surface area contributed by atoms with E-state index in [-0.39, 0.29) is 11.8 Å². The third-order valence-electron chi connectivity index (χ3n) is 3.45. The Balaban J connectivity index is 1.93. The van der Waals surface area contributed by atoms with Crippen molar-refractivity contribution in [1.29, 1.82) is 0 Å². The Kier molecular flexibility index (Phi) is 5.84. The van der Waals surface area contributed by atoms with Crippen LogP contribution in [0.15, 0.2) is 53.6 Å². The van der Waals surface area contributed by atoms with Crippen molar-refractivity contribution in [3.05, 3.63) is 65.2 Å². The highest BCUT2D eigenvalue weighted by molar-refractivity contribution is 5.96. The van der Waals surface area contributed by atoms with E-state index in [4.69, 9.17) is 0 Å². The summed E-state index contributed by atoms with van der Waals surface area (Å²) in [5.74, 6) is 0.0240. The average Bonchev–Trinajstić information content (AvgIpc) is 2.55. The number of hydrazone groups is 1. The molecule has 0 fully saturated rings. The minimum atomic E-state index is -0.306. The van der Waals surface area contributed by atoms with Crippen LogP contribution in [0.5, 0.6) is 0 Å². The molecule has 0 bridgehead atoms. The standard InChI is InChI=1S/C19H21N3O2/c1-13(2)16-6-4-15(5-7-16)12-20-22-19(24)17-8-10-18(11-9-17)21-14(3)23/h4-13H,1-3H3,(H,21,23)(H,22,24)/b20-12+. The van der Waals surface area contributed by atoms with Gasteiger partial charge in [-0.05, 0) is 41.3 Å². The molecule has 0 saturated carbocycles. The van der Waals surface area contributed by atoms with Crippen molar-refractivity contribution in [1.82, 2.24) is 5.43 Å². The molecule has 0 heterocycles. The normalized spacial score (nSPS) is 10.8. The molecule has 0 aliphatic heterocycles. The first kappa shape index (κ1) is 17.4. The number of hydrogen-bond donors (Lipinski definition) is 2. The second-order valence-corrected chi connectivity index (χ2v) is 5.78. The van der Waals surface area contributed by atoms with Gasteiger partial charge in [0.1, 0.15) is 0 Å². The predicted molar refractivity (Wildman–Crippen MR) is 96.3 cm³/mol. The number of carbonyl (C=O) groups is 2. The van der Waals surface area contributed by atoms with Crippen LogP contribution in [0.25, 0.3) is 0 Å². The summed E-state index contributed by atoms with van der Waals surface area (Å²) in [6.07, 6.45) is 1.60. The van der Waals surface area contributed by atoms with Gasteiger partial charge in [-0.2, -0.15) is 5.10 Å². The molecule has 2 aromatic rings. The Morgan fingerprint density at radius 3 is 2.17 bits per heavy atom. The van der Waals surface area contributed by atoms with Crippen molar-refractivity contribution in [2.75, 3.05) is 5.32 Å². The van der Waals surface area contributed by atoms with E-state index in [2.05, 4.69) is 41.8 Å². The summed E-state index contributed by atoms with van der Waals surface area (Å²) in [4.78, 5) is 23.0. The Morgan fingerprint density at radius 1 is 1.00 bits per heavy atom. The number of rotatable bonds is 5. The fourth-order valence-electron chi connectivity index (χ4n) is 2.11. The quantitative estimate of drug-likeness (QED) is 0.653. The van der Waals surface area contributed by atoms with Gasteiger partial charge in [-0.3, -0.25) is 9.59 Å². The van der Waals surface area contributed by atoms with E-state index in [1.54, 1.807) is 30.5 Å². The van der Waals surface area contributed by atoms with E-state index >= 15 is 0 Å². The molecule has 0 aromatic heterocycles. The molecule has 0 aliphatic carbocycles. The van der Waals surface area contributed by atoms with Crippen molar-refractivity contribution < 1.29 is 9.59 Å².